The number of hydrogen-bond acceptors (Lipinski definition) is 3. The molecule has 0 saturated heterocycles. The van der Waals surface area contributed by atoms with Gasteiger partial charge >= 0.3 is 5.97 Å². The van der Waals surface area contributed by atoms with Gasteiger partial charge in [-0.25, -0.2) is 9.78 Å². The van der Waals surface area contributed by atoms with Crippen molar-refractivity contribution >= 4 is 21.9 Å². The van der Waals surface area contributed by atoms with Crippen molar-refractivity contribution in [3.05, 3.63) is 22.3 Å². The van der Waals surface area contributed by atoms with Crippen LogP contribution in [0.4, 0.5) is 0 Å². The van der Waals surface area contributed by atoms with Gasteiger partial charge in [0.05, 0.1) is 6.61 Å². The number of hydrogen-bond donors (Lipinski definition) is 1. The normalized spacial score (nSPS) is 23.1. The summed E-state index contributed by atoms with van der Waals surface area (Å²) in [6.07, 6.45) is 6.38. The molecule has 1 aliphatic rings. The fourth-order valence-electron chi connectivity index (χ4n) is 2.60. The van der Waals surface area contributed by atoms with Crippen molar-refractivity contribution in [2.45, 2.75) is 32.6 Å². The van der Waals surface area contributed by atoms with Crippen molar-refractivity contribution in [1.82, 2.24) is 4.98 Å². The lowest BCUT2D eigenvalue weighted by molar-refractivity contribution is 0.0688. The minimum absolute atomic E-state index is 0.109. The van der Waals surface area contributed by atoms with Crippen molar-refractivity contribution in [1.29, 1.82) is 0 Å². The summed E-state index contributed by atoms with van der Waals surface area (Å²) in [5.74, 6) is 0.449. The second-order valence-electron chi connectivity index (χ2n) is 5.26. The molecule has 1 fully saturated rings. The molecule has 1 aromatic rings. The number of halogens is 1. The fourth-order valence-corrected chi connectivity index (χ4v) is 2.93. The molecule has 0 aromatic carbocycles. The number of ether oxygens (including phenoxy) is 1. The van der Waals surface area contributed by atoms with E-state index in [9.17, 15) is 4.79 Å². The molecule has 2 unspecified atom stereocenters. The van der Waals surface area contributed by atoms with E-state index in [1.54, 1.807) is 6.20 Å². The molecule has 0 aliphatic heterocycles. The lowest BCUT2D eigenvalue weighted by atomic mass is 9.83. The number of aromatic carboxylic acids is 1. The van der Waals surface area contributed by atoms with Crippen LogP contribution in [0, 0.1) is 11.8 Å². The van der Waals surface area contributed by atoms with Crippen LogP contribution in [0.2, 0.25) is 0 Å². The van der Waals surface area contributed by atoms with E-state index in [1.165, 1.54) is 18.9 Å². The summed E-state index contributed by atoms with van der Waals surface area (Å²) in [6.45, 7) is 2.81. The predicted octanol–water partition coefficient (Wildman–Crippen LogP) is 3.75. The van der Waals surface area contributed by atoms with E-state index in [-0.39, 0.29) is 11.4 Å². The molecule has 1 aromatic heterocycles. The average molecular weight is 328 g/mol. The summed E-state index contributed by atoms with van der Waals surface area (Å²) in [5.41, 5.74) is 0.109. The number of carboxylic acid groups (broad SMARTS) is 1. The van der Waals surface area contributed by atoms with Crippen molar-refractivity contribution in [3.63, 3.8) is 0 Å². The van der Waals surface area contributed by atoms with Crippen LogP contribution in [-0.2, 0) is 0 Å². The molecule has 19 heavy (non-hydrogen) atoms. The van der Waals surface area contributed by atoms with Gasteiger partial charge in [0.1, 0.15) is 5.56 Å². The maximum absolute atomic E-state index is 11.1. The summed E-state index contributed by atoms with van der Waals surface area (Å²) < 4.78 is 6.27. The van der Waals surface area contributed by atoms with E-state index in [2.05, 4.69) is 27.8 Å². The van der Waals surface area contributed by atoms with Crippen molar-refractivity contribution in [2.75, 3.05) is 6.61 Å². The van der Waals surface area contributed by atoms with Gasteiger partial charge in [-0.2, -0.15) is 0 Å². The highest BCUT2D eigenvalue weighted by atomic mass is 79.9. The monoisotopic (exact) mass is 327 g/mol. The Kier molecular flexibility index (Phi) is 4.80. The van der Waals surface area contributed by atoms with E-state index in [0.717, 1.165) is 18.8 Å². The first-order chi connectivity index (χ1) is 9.06. The van der Waals surface area contributed by atoms with E-state index < -0.39 is 5.97 Å². The summed E-state index contributed by atoms with van der Waals surface area (Å²) in [4.78, 5) is 15.2. The van der Waals surface area contributed by atoms with Gasteiger partial charge in [0.15, 0.2) is 0 Å². The van der Waals surface area contributed by atoms with Gasteiger partial charge in [0.25, 0.3) is 0 Å². The van der Waals surface area contributed by atoms with Gasteiger partial charge in [-0.3, -0.25) is 0 Å². The van der Waals surface area contributed by atoms with Crippen LogP contribution in [0.3, 0.4) is 0 Å². The van der Waals surface area contributed by atoms with E-state index in [0.29, 0.717) is 17.0 Å². The quantitative estimate of drug-likeness (QED) is 0.914. The molecule has 1 aliphatic carbocycles. The second-order valence-corrected chi connectivity index (χ2v) is 6.18. The third kappa shape index (κ3) is 3.93. The molecule has 1 heterocycles. The molecule has 5 heteroatoms. The average Bonchev–Trinajstić information content (AvgIpc) is 2.37. The number of rotatable bonds is 4. The third-order valence-electron chi connectivity index (χ3n) is 3.55. The Morgan fingerprint density at radius 1 is 1.58 bits per heavy atom. The first-order valence-corrected chi connectivity index (χ1v) is 7.37. The SMILES string of the molecule is CC1CCCC(COc2ncc(Br)cc2C(=O)O)C1. The molecule has 1 N–H and O–H groups in total. The third-order valence-corrected chi connectivity index (χ3v) is 3.98. The van der Waals surface area contributed by atoms with Gasteiger partial charge in [-0.15, -0.1) is 0 Å². The molecular formula is C14H18BrNO3. The Hall–Kier alpha value is -1.10. The first-order valence-electron chi connectivity index (χ1n) is 6.58. The van der Waals surface area contributed by atoms with Crippen LogP contribution in [0.5, 0.6) is 5.88 Å². The summed E-state index contributed by atoms with van der Waals surface area (Å²) >= 11 is 3.22. The first kappa shape index (κ1) is 14.3. The minimum atomic E-state index is -1.01. The fraction of sp³-hybridized carbons (Fsp3) is 0.571. The van der Waals surface area contributed by atoms with Gasteiger partial charge < -0.3 is 9.84 Å². The Bertz CT molecular complexity index is 464. The molecule has 2 rings (SSSR count). The summed E-state index contributed by atoms with van der Waals surface area (Å²) in [6, 6.07) is 1.52. The van der Waals surface area contributed by atoms with Crippen LogP contribution in [-0.4, -0.2) is 22.7 Å². The zero-order chi connectivity index (χ0) is 13.8. The Labute approximate surface area is 121 Å². The topological polar surface area (TPSA) is 59.4 Å². The van der Waals surface area contributed by atoms with Crippen LogP contribution < -0.4 is 4.74 Å². The zero-order valence-electron chi connectivity index (χ0n) is 10.9. The number of pyridine rings is 1. The van der Waals surface area contributed by atoms with Gasteiger partial charge in [-0.05, 0) is 46.7 Å². The van der Waals surface area contributed by atoms with Crippen molar-refractivity contribution in [3.8, 4) is 5.88 Å². The maximum atomic E-state index is 11.1. The molecule has 0 amide bonds. The van der Waals surface area contributed by atoms with Crippen LogP contribution >= 0.6 is 15.9 Å². The molecule has 0 bridgehead atoms. The highest BCUT2D eigenvalue weighted by Gasteiger charge is 2.21. The Morgan fingerprint density at radius 2 is 2.37 bits per heavy atom. The second kappa shape index (κ2) is 6.37. The predicted molar refractivity (Wildman–Crippen MR) is 75.5 cm³/mol. The molecule has 4 nitrogen and oxygen atoms in total. The lowest BCUT2D eigenvalue weighted by Gasteiger charge is -2.26. The van der Waals surface area contributed by atoms with Gasteiger partial charge in [0, 0.05) is 10.7 Å². The number of nitrogens with zero attached hydrogens (tertiary/aromatic N) is 1. The summed E-state index contributed by atoms with van der Waals surface area (Å²) in [7, 11) is 0. The minimum Gasteiger partial charge on any atom is -0.477 e. The van der Waals surface area contributed by atoms with Crippen LogP contribution in [0.15, 0.2) is 16.7 Å². The van der Waals surface area contributed by atoms with Gasteiger partial charge in [-0.1, -0.05) is 19.8 Å². The number of carbonyl (C=O) groups is 1. The molecule has 0 spiro atoms. The van der Waals surface area contributed by atoms with E-state index in [1.807, 2.05) is 0 Å². The van der Waals surface area contributed by atoms with E-state index in [4.69, 9.17) is 9.84 Å². The van der Waals surface area contributed by atoms with Crippen molar-refractivity contribution < 1.29 is 14.6 Å². The largest absolute Gasteiger partial charge is 0.477 e. The molecular weight excluding hydrogens is 310 g/mol. The molecule has 2 atom stereocenters. The smallest absolute Gasteiger partial charge is 0.341 e. The highest BCUT2D eigenvalue weighted by Crippen LogP contribution is 2.29. The Morgan fingerprint density at radius 3 is 3.05 bits per heavy atom. The maximum Gasteiger partial charge on any atom is 0.341 e. The molecule has 104 valence electrons. The number of aromatic nitrogens is 1. The molecule has 1 saturated carbocycles. The number of carboxylic acids is 1. The molecule has 0 radical (unpaired) electrons. The zero-order valence-corrected chi connectivity index (χ0v) is 12.5. The van der Waals surface area contributed by atoms with Gasteiger partial charge in [0.2, 0.25) is 5.88 Å². The lowest BCUT2D eigenvalue weighted by Crippen LogP contribution is -2.20. The van der Waals surface area contributed by atoms with Crippen LogP contribution in [0.1, 0.15) is 43.0 Å². The van der Waals surface area contributed by atoms with E-state index >= 15 is 0 Å². The Balaban J connectivity index is 2.01. The standard InChI is InChI=1S/C14H18BrNO3/c1-9-3-2-4-10(5-9)8-19-13-12(14(17)18)6-11(15)7-16-13/h6-7,9-10H,2-5,8H2,1H3,(H,17,18). The summed E-state index contributed by atoms with van der Waals surface area (Å²) in [5, 5.41) is 9.13. The van der Waals surface area contributed by atoms with Crippen LogP contribution in [0.25, 0.3) is 0 Å². The van der Waals surface area contributed by atoms with Crippen molar-refractivity contribution in [2.24, 2.45) is 11.8 Å². The highest BCUT2D eigenvalue weighted by molar-refractivity contribution is 9.10.